The summed E-state index contributed by atoms with van der Waals surface area (Å²) in [6.45, 7) is 2.23. The predicted molar refractivity (Wildman–Crippen MR) is 99.0 cm³/mol. The lowest BCUT2D eigenvalue weighted by molar-refractivity contribution is -0.126. The zero-order valence-corrected chi connectivity index (χ0v) is 14.5. The van der Waals surface area contributed by atoms with E-state index in [-0.39, 0.29) is 0 Å². The van der Waals surface area contributed by atoms with E-state index in [0.717, 1.165) is 19.3 Å². The number of nitrogens with two attached hydrogens (primary N) is 1. The van der Waals surface area contributed by atoms with E-state index in [1.165, 1.54) is 25.7 Å². The van der Waals surface area contributed by atoms with E-state index in [2.05, 4.69) is 43.4 Å². The average molecular weight is 319 g/mol. The van der Waals surface area contributed by atoms with Crippen molar-refractivity contribution in [3.8, 4) is 0 Å². The van der Waals surface area contributed by atoms with Crippen LogP contribution in [0.25, 0.3) is 0 Å². The van der Waals surface area contributed by atoms with Gasteiger partial charge in [0.15, 0.2) is 0 Å². The van der Waals surface area contributed by atoms with Crippen LogP contribution in [0.3, 0.4) is 0 Å². The Balaban J connectivity index is 3.49. The van der Waals surface area contributed by atoms with Gasteiger partial charge in [-0.05, 0) is 44.9 Å². The molecule has 0 spiro atoms. The number of carbonyl (C=O) groups excluding carboxylic acids is 1. The van der Waals surface area contributed by atoms with Gasteiger partial charge in [-0.15, -0.1) is 0 Å². The van der Waals surface area contributed by atoms with Crippen molar-refractivity contribution in [1.82, 2.24) is 0 Å². The van der Waals surface area contributed by atoms with Crippen LogP contribution < -0.4 is 5.73 Å². The second-order valence-corrected chi connectivity index (χ2v) is 5.58. The molecule has 1 unspecified atom stereocenters. The molecule has 0 radical (unpaired) electrons. The van der Waals surface area contributed by atoms with Crippen molar-refractivity contribution in [3.05, 3.63) is 48.6 Å². The Morgan fingerprint density at radius 1 is 0.870 bits per heavy atom. The molecular weight excluding hydrogens is 286 g/mol. The quantitative estimate of drug-likeness (QED) is 0.363. The van der Waals surface area contributed by atoms with Gasteiger partial charge in [0.1, 0.15) is 6.10 Å². The largest absolute Gasteiger partial charge is 0.383 e. The fraction of sp³-hybridized carbons (Fsp3) is 0.550. The molecule has 3 nitrogen and oxygen atoms in total. The number of hydrogen-bond acceptors (Lipinski definition) is 2. The molecule has 0 bridgehead atoms. The van der Waals surface area contributed by atoms with E-state index < -0.39 is 12.0 Å². The molecule has 130 valence electrons. The van der Waals surface area contributed by atoms with E-state index in [4.69, 9.17) is 5.73 Å². The standard InChI is InChI=1S/C20H33NO2/c1-2-3-4-5-6-7-8-9-10-11-12-13-14-15-16-17-18-19(22)20(21)23/h6-7,9-10,12-13,15-16,19,22H,2-5,8,11,14,17-18H2,1H3,(H2,21,23)/b7-6-,10-9-,13-12-,16-15-. The van der Waals surface area contributed by atoms with Gasteiger partial charge in [0, 0.05) is 0 Å². The van der Waals surface area contributed by atoms with Crippen LogP contribution in [-0.4, -0.2) is 17.1 Å². The highest BCUT2D eigenvalue weighted by Crippen LogP contribution is 2.01. The lowest BCUT2D eigenvalue weighted by Gasteiger charge is -2.01. The molecule has 3 N–H and O–H groups in total. The Bertz CT molecular complexity index is 394. The summed E-state index contributed by atoms with van der Waals surface area (Å²) < 4.78 is 0. The van der Waals surface area contributed by atoms with Crippen molar-refractivity contribution in [2.45, 2.75) is 70.8 Å². The molecule has 0 saturated heterocycles. The van der Waals surface area contributed by atoms with Crippen LogP contribution in [0, 0.1) is 0 Å². The van der Waals surface area contributed by atoms with Crippen molar-refractivity contribution in [3.63, 3.8) is 0 Å². The molecule has 0 aliphatic rings. The molecule has 1 amide bonds. The van der Waals surface area contributed by atoms with Crippen molar-refractivity contribution >= 4 is 5.91 Å². The number of unbranched alkanes of at least 4 members (excludes halogenated alkanes) is 3. The zero-order chi connectivity index (χ0) is 17.2. The van der Waals surface area contributed by atoms with Crippen molar-refractivity contribution in [1.29, 1.82) is 0 Å². The summed E-state index contributed by atoms with van der Waals surface area (Å²) in [6, 6.07) is 0. The lowest BCUT2D eigenvalue weighted by Crippen LogP contribution is -2.27. The summed E-state index contributed by atoms with van der Waals surface area (Å²) in [4.78, 5) is 10.6. The van der Waals surface area contributed by atoms with Gasteiger partial charge in [-0.3, -0.25) is 4.79 Å². The van der Waals surface area contributed by atoms with Crippen molar-refractivity contribution < 1.29 is 9.90 Å². The zero-order valence-electron chi connectivity index (χ0n) is 14.5. The maximum absolute atomic E-state index is 10.6. The van der Waals surface area contributed by atoms with Crippen LogP contribution in [0.4, 0.5) is 0 Å². The fourth-order valence-corrected chi connectivity index (χ4v) is 1.96. The molecule has 1 atom stereocenters. The molecule has 0 fully saturated rings. The number of carbonyl (C=O) groups is 1. The fourth-order valence-electron chi connectivity index (χ4n) is 1.96. The smallest absolute Gasteiger partial charge is 0.246 e. The summed E-state index contributed by atoms with van der Waals surface area (Å²) in [7, 11) is 0. The molecule has 0 aliphatic heterocycles. The van der Waals surface area contributed by atoms with Gasteiger partial charge < -0.3 is 10.8 Å². The summed E-state index contributed by atoms with van der Waals surface area (Å²) in [5.74, 6) is -0.652. The third-order valence-electron chi connectivity index (χ3n) is 3.39. The summed E-state index contributed by atoms with van der Waals surface area (Å²) in [6.07, 6.45) is 25.1. The Morgan fingerprint density at radius 3 is 1.83 bits per heavy atom. The van der Waals surface area contributed by atoms with E-state index in [1.807, 2.05) is 12.2 Å². The molecule has 3 heteroatoms. The number of rotatable bonds is 14. The molecule has 0 heterocycles. The van der Waals surface area contributed by atoms with Crippen LogP contribution >= 0.6 is 0 Å². The van der Waals surface area contributed by atoms with Gasteiger partial charge in [0.25, 0.3) is 0 Å². The number of allylic oxidation sites excluding steroid dienone is 8. The van der Waals surface area contributed by atoms with Crippen LogP contribution in [0.1, 0.15) is 64.7 Å². The van der Waals surface area contributed by atoms with Gasteiger partial charge in [0.05, 0.1) is 0 Å². The summed E-state index contributed by atoms with van der Waals surface area (Å²) in [5.41, 5.74) is 4.97. The van der Waals surface area contributed by atoms with Gasteiger partial charge in [0.2, 0.25) is 5.91 Å². The number of amides is 1. The first kappa shape index (κ1) is 21.4. The van der Waals surface area contributed by atoms with Gasteiger partial charge in [-0.2, -0.15) is 0 Å². The Kier molecular flexibility index (Phi) is 15.6. The predicted octanol–water partition coefficient (Wildman–Crippen LogP) is 4.59. The van der Waals surface area contributed by atoms with E-state index >= 15 is 0 Å². The van der Waals surface area contributed by atoms with E-state index in [9.17, 15) is 9.90 Å². The van der Waals surface area contributed by atoms with Crippen molar-refractivity contribution in [2.24, 2.45) is 5.73 Å². The monoisotopic (exact) mass is 319 g/mol. The topological polar surface area (TPSA) is 63.3 Å². The van der Waals surface area contributed by atoms with Crippen molar-refractivity contribution in [2.75, 3.05) is 0 Å². The SMILES string of the molecule is CCCCC/C=C\C/C=C\C/C=C\C/C=C\CCC(O)C(N)=O. The van der Waals surface area contributed by atoms with Gasteiger partial charge >= 0.3 is 0 Å². The average Bonchev–Trinajstić information content (AvgIpc) is 2.54. The van der Waals surface area contributed by atoms with Crippen LogP contribution in [0.15, 0.2) is 48.6 Å². The second-order valence-electron chi connectivity index (χ2n) is 5.58. The maximum atomic E-state index is 10.6. The van der Waals surface area contributed by atoms with E-state index in [1.54, 1.807) is 0 Å². The normalized spacial score (nSPS) is 13.8. The van der Waals surface area contributed by atoms with Crippen LogP contribution in [0.5, 0.6) is 0 Å². The molecule has 0 aliphatic carbocycles. The Labute approximate surface area is 141 Å². The number of aliphatic hydroxyl groups is 1. The lowest BCUT2D eigenvalue weighted by atomic mass is 10.1. The molecule has 0 aromatic heterocycles. The first-order valence-corrected chi connectivity index (χ1v) is 8.75. The minimum atomic E-state index is -1.03. The van der Waals surface area contributed by atoms with Crippen LogP contribution in [0.2, 0.25) is 0 Å². The number of hydrogen-bond donors (Lipinski definition) is 2. The van der Waals surface area contributed by atoms with Gasteiger partial charge in [-0.25, -0.2) is 0 Å². The molecule has 0 rings (SSSR count). The first-order valence-electron chi connectivity index (χ1n) is 8.75. The van der Waals surface area contributed by atoms with Crippen LogP contribution in [-0.2, 0) is 4.79 Å². The molecule has 23 heavy (non-hydrogen) atoms. The maximum Gasteiger partial charge on any atom is 0.246 e. The highest BCUT2D eigenvalue weighted by atomic mass is 16.3. The Hall–Kier alpha value is -1.61. The summed E-state index contributed by atoms with van der Waals surface area (Å²) >= 11 is 0. The molecule has 0 saturated carbocycles. The highest BCUT2D eigenvalue weighted by molar-refractivity contribution is 5.78. The van der Waals surface area contributed by atoms with Gasteiger partial charge in [-0.1, -0.05) is 68.4 Å². The third-order valence-corrected chi connectivity index (χ3v) is 3.39. The number of aliphatic hydroxyl groups excluding tert-OH is 1. The summed E-state index contributed by atoms with van der Waals surface area (Å²) in [5, 5.41) is 9.21. The number of primary amides is 1. The molecule has 0 aromatic carbocycles. The minimum Gasteiger partial charge on any atom is -0.383 e. The first-order chi connectivity index (χ1) is 11.2. The minimum absolute atomic E-state index is 0.393. The van der Waals surface area contributed by atoms with E-state index in [0.29, 0.717) is 12.8 Å². The molecule has 0 aromatic rings. The Morgan fingerprint density at radius 2 is 1.35 bits per heavy atom. The third kappa shape index (κ3) is 16.6. The highest BCUT2D eigenvalue weighted by Gasteiger charge is 2.07. The second kappa shape index (κ2) is 16.8. The molecular formula is C20H33NO2.